The molecule has 1 N–H and O–H groups in total. The van der Waals surface area contributed by atoms with E-state index in [9.17, 15) is 0 Å². The van der Waals surface area contributed by atoms with Crippen molar-refractivity contribution in [2.75, 3.05) is 33.2 Å². The number of nitrogens with zero attached hydrogens (tertiary/aromatic N) is 4. The molecule has 4 rings (SSSR count). The van der Waals surface area contributed by atoms with Gasteiger partial charge in [0.25, 0.3) is 0 Å². The van der Waals surface area contributed by atoms with Crippen molar-refractivity contribution in [1.82, 2.24) is 15.1 Å². The summed E-state index contributed by atoms with van der Waals surface area (Å²) < 4.78 is 0. The number of unbranched alkanes of at least 4 members (excludes halogenated alkanes) is 1. The maximum atomic E-state index is 4.96. The molecule has 0 spiro atoms. The summed E-state index contributed by atoms with van der Waals surface area (Å²) in [7, 11) is 1.83. The van der Waals surface area contributed by atoms with Crippen LogP contribution in [0.3, 0.4) is 0 Å². The third kappa shape index (κ3) is 8.28. The van der Waals surface area contributed by atoms with Crippen LogP contribution in [0.25, 0.3) is 0 Å². The van der Waals surface area contributed by atoms with Gasteiger partial charge < -0.3 is 10.2 Å². The van der Waals surface area contributed by atoms with Gasteiger partial charge in [0.05, 0.1) is 17.1 Å². The standard InChI is InChI=1S/C24H31N5.C10H20/c1-17(2)18(3)14-21(25-4)22-15-23(19-6-5-7-19)29-16-20(8-9-24(29)27-22)28-12-10-26-11-13-28;1-5-7-8-10(4)9(3)6-2/h8-9,14-16,26H,1,5-7,10-13H2,2-4H3;8-9H,5-7H2,1-4H3/b18-14+,25-21?;10-8-. The second kappa shape index (κ2) is 15.0. The number of hydrogen-bond donors (Lipinski definition) is 1. The molecule has 3 heterocycles. The number of amidine groups is 1. The molecular weight excluding hydrogens is 478 g/mol. The van der Waals surface area contributed by atoms with Gasteiger partial charge in [-0.25, -0.2) is 4.99 Å². The second-order valence-corrected chi connectivity index (χ2v) is 11.1. The molecule has 0 amide bonds. The van der Waals surface area contributed by atoms with Crippen molar-refractivity contribution in [2.24, 2.45) is 15.9 Å². The number of nitrogens with one attached hydrogen (secondary N) is 1. The largest absolute Gasteiger partial charge is 0.368 e. The summed E-state index contributed by atoms with van der Waals surface area (Å²) in [5.74, 6) is 1.75. The maximum absolute atomic E-state index is 4.96. The second-order valence-electron chi connectivity index (χ2n) is 11.1. The molecule has 1 saturated heterocycles. The average molecular weight is 530 g/mol. The van der Waals surface area contributed by atoms with E-state index in [4.69, 9.17) is 4.99 Å². The molecule has 0 radical (unpaired) electrons. The Kier molecular flexibility index (Phi) is 11.8. The van der Waals surface area contributed by atoms with Gasteiger partial charge in [-0.2, -0.15) is 0 Å². The van der Waals surface area contributed by atoms with E-state index in [2.05, 4.69) is 97.9 Å². The fourth-order valence-electron chi connectivity index (χ4n) is 4.72. The van der Waals surface area contributed by atoms with Crippen molar-refractivity contribution in [3.63, 3.8) is 0 Å². The number of allylic oxidation sites excluding steroid dienone is 8. The van der Waals surface area contributed by atoms with Crippen LogP contribution >= 0.6 is 0 Å². The summed E-state index contributed by atoms with van der Waals surface area (Å²) in [6, 6.07) is 0. The number of rotatable bonds is 8. The molecular formula is C34H51N5. The first-order valence-electron chi connectivity index (χ1n) is 14.9. The Morgan fingerprint density at radius 3 is 2.44 bits per heavy atom. The van der Waals surface area contributed by atoms with Crippen LogP contribution < -0.4 is 5.32 Å². The van der Waals surface area contributed by atoms with Gasteiger partial charge in [-0.1, -0.05) is 51.0 Å². The monoisotopic (exact) mass is 529 g/mol. The zero-order valence-electron chi connectivity index (χ0n) is 25.6. The molecule has 39 heavy (non-hydrogen) atoms. The molecule has 2 fully saturated rings. The first kappa shape index (κ1) is 30.6. The van der Waals surface area contributed by atoms with Crippen LogP contribution in [0, 0.1) is 5.92 Å². The number of piperazine rings is 1. The molecule has 0 aromatic carbocycles. The van der Waals surface area contributed by atoms with E-state index in [-0.39, 0.29) is 0 Å². The molecule has 4 aliphatic rings. The number of aliphatic imine (C=N–C) groups is 2. The summed E-state index contributed by atoms with van der Waals surface area (Å²) in [5, 5.41) is 3.43. The molecule has 3 aliphatic heterocycles. The molecule has 1 aliphatic carbocycles. The molecule has 5 heteroatoms. The van der Waals surface area contributed by atoms with E-state index < -0.39 is 0 Å². The Labute approximate surface area is 238 Å². The molecule has 0 aromatic heterocycles. The Morgan fingerprint density at radius 1 is 1.15 bits per heavy atom. The molecule has 0 bridgehead atoms. The lowest BCUT2D eigenvalue weighted by molar-refractivity contribution is 0.303. The van der Waals surface area contributed by atoms with Gasteiger partial charge in [-0.05, 0) is 94.2 Å². The fraction of sp³-hybridized carbons (Fsp3) is 0.529. The summed E-state index contributed by atoms with van der Waals surface area (Å²) in [5.41, 5.74) is 9.62. The van der Waals surface area contributed by atoms with Gasteiger partial charge in [0.1, 0.15) is 5.84 Å². The maximum Gasteiger partial charge on any atom is 0.137 e. The van der Waals surface area contributed by atoms with Crippen molar-refractivity contribution in [3.8, 4) is 0 Å². The Balaban J connectivity index is 0.000000360. The topological polar surface area (TPSA) is 43.2 Å². The van der Waals surface area contributed by atoms with Crippen molar-refractivity contribution in [2.45, 2.75) is 80.1 Å². The van der Waals surface area contributed by atoms with Crippen LogP contribution in [0.1, 0.15) is 80.1 Å². The third-order valence-corrected chi connectivity index (χ3v) is 8.16. The van der Waals surface area contributed by atoms with E-state index in [1.54, 1.807) is 5.57 Å². The number of hydrogen-bond acceptors (Lipinski definition) is 5. The highest BCUT2D eigenvalue weighted by atomic mass is 15.3. The summed E-state index contributed by atoms with van der Waals surface area (Å²) >= 11 is 0. The predicted octanol–water partition coefficient (Wildman–Crippen LogP) is 7.71. The molecule has 1 unspecified atom stereocenters. The highest BCUT2D eigenvalue weighted by Gasteiger charge is 2.27. The van der Waals surface area contributed by atoms with E-state index >= 15 is 0 Å². The van der Waals surface area contributed by atoms with E-state index in [1.165, 1.54) is 55.5 Å². The van der Waals surface area contributed by atoms with Gasteiger partial charge in [0.2, 0.25) is 0 Å². The Hall–Kier alpha value is -2.92. The predicted molar refractivity (Wildman–Crippen MR) is 170 cm³/mol. The minimum Gasteiger partial charge on any atom is -0.368 e. The first-order valence-corrected chi connectivity index (χ1v) is 14.9. The molecule has 212 valence electrons. The normalized spacial score (nSPS) is 20.8. The molecule has 1 atom stereocenters. The van der Waals surface area contributed by atoms with Crippen molar-refractivity contribution in [1.29, 1.82) is 0 Å². The van der Waals surface area contributed by atoms with Crippen LogP contribution in [0.4, 0.5) is 0 Å². The van der Waals surface area contributed by atoms with Crippen LogP contribution in [0.2, 0.25) is 0 Å². The lowest BCUT2D eigenvalue weighted by Gasteiger charge is -2.37. The van der Waals surface area contributed by atoms with Gasteiger partial charge >= 0.3 is 0 Å². The van der Waals surface area contributed by atoms with Gasteiger partial charge in [-0.15, -0.1) is 0 Å². The molecule has 0 aromatic rings. The van der Waals surface area contributed by atoms with Crippen molar-refractivity contribution in [3.05, 3.63) is 82.5 Å². The lowest BCUT2D eigenvalue weighted by atomic mass is 9.89. The van der Waals surface area contributed by atoms with Gasteiger partial charge in [0, 0.05) is 45.1 Å². The SMILES string of the molecule is C=C(C)/C(C)=C/C(=NC)C1=CC(=C2CCC2)N2C=C(N3CCNCC3)C=CC2=N1.CCC/C=C(/C)C(C)CC. The Bertz CT molecular complexity index is 1130. The third-order valence-electron chi connectivity index (χ3n) is 8.16. The summed E-state index contributed by atoms with van der Waals surface area (Å²) in [4.78, 5) is 14.2. The first-order chi connectivity index (χ1) is 18.8. The molecule has 1 saturated carbocycles. The van der Waals surface area contributed by atoms with E-state index in [0.717, 1.165) is 60.5 Å². The smallest absolute Gasteiger partial charge is 0.137 e. The minimum absolute atomic E-state index is 0.784. The van der Waals surface area contributed by atoms with Crippen molar-refractivity contribution < 1.29 is 0 Å². The quantitative estimate of drug-likeness (QED) is 0.199. The van der Waals surface area contributed by atoms with Gasteiger partial charge in [0.15, 0.2) is 0 Å². The summed E-state index contributed by atoms with van der Waals surface area (Å²) in [6.45, 7) is 21.3. The van der Waals surface area contributed by atoms with Gasteiger partial charge in [-0.3, -0.25) is 9.89 Å². The average Bonchev–Trinajstić information content (AvgIpc) is 2.93. The van der Waals surface area contributed by atoms with Crippen LogP contribution in [-0.4, -0.2) is 54.6 Å². The zero-order valence-corrected chi connectivity index (χ0v) is 25.6. The fourth-order valence-corrected chi connectivity index (χ4v) is 4.72. The number of fused-ring (bicyclic) bond motifs is 1. The van der Waals surface area contributed by atoms with Crippen LogP contribution in [0.5, 0.6) is 0 Å². The van der Waals surface area contributed by atoms with E-state index in [0.29, 0.717) is 0 Å². The minimum atomic E-state index is 0.784. The highest BCUT2D eigenvalue weighted by molar-refractivity contribution is 6.12. The zero-order chi connectivity index (χ0) is 28.4. The Morgan fingerprint density at radius 2 is 1.87 bits per heavy atom. The molecule has 5 nitrogen and oxygen atoms in total. The lowest BCUT2D eigenvalue weighted by Crippen LogP contribution is -2.44. The highest BCUT2D eigenvalue weighted by Crippen LogP contribution is 2.35. The van der Waals surface area contributed by atoms with Crippen molar-refractivity contribution >= 4 is 11.5 Å². The van der Waals surface area contributed by atoms with Crippen LogP contribution in [0.15, 0.2) is 92.5 Å². The summed E-state index contributed by atoms with van der Waals surface area (Å²) in [6.07, 6.45) is 20.7. The van der Waals surface area contributed by atoms with E-state index in [1.807, 2.05) is 14.0 Å². The van der Waals surface area contributed by atoms with Crippen LogP contribution in [-0.2, 0) is 0 Å².